The second-order valence-electron chi connectivity index (χ2n) is 5.66. The lowest BCUT2D eigenvalue weighted by Gasteiger charge is -2.08. The summed E-state index contributed by atoms with van der Waals surface area (Å²) in [4.78, 5) is 0.118. The minimum atomic E-state index is -3.87. The Hall–Kier alpha value is -3.12. The fourth-order valence-electron chi connectivity index (χ4n) is 2.22. The summed E-state index contributed by atoms with van der Waals surface area (Å²) < 4.78 is 29.9. The molecule has 0 radical (unpaired) electrons. The van der Waals surface area contributed by atoms with Gasteiger partial charge >= 0.3 is 10.1 Å². The second-order valence-corrected chi connectivity index (χ2v) is 7.21. The fraction of sp³-hybridized carbons (Fsp3) is 0.0500. The maximum absolute atomic E-state index is 12.4. The Morgan fingerprint density at radius 2 is 1.65 bits per heavy atom. The van der Waals surface area contributed by atoms with E-state index in [4.69, 9.17) is 4.18 Å². The number of hydrogen-bond acceptors (Lipinski definition) is 5. The number of nitrogens with one attached hydrogen (secondary N) is 1. The van der Waals surface area contributed by atoms with E-state index in [0.29, 0.717) is 5.56 Å². The summed E-state index contributed by atoms with van der Waals surface area (Å²) in [6.07, 6.45) is 1.60. The Morgan fingerprint density at radius 3 is 2.38 bits per heavy atom. The van der Waals surface area contributed by atoms with E-state index >= 15 is 0 Å². The van der Waals surface area contributed by atoms with Gasteiger partial charge in [-0.05, 0) is 48.9 Å². The fourth-order valence-corrected chi connectivity index (χ4v) is 3.14. The van der Waals surface area contributed by atoms with Crippen molar-refractivity contribution in [2.75, 3.05) is 5.43 Å². The normalized spacial score (nSPS) is 11.4. The first-order valence-corrected chi connectivity index (χ1v) is 9.39. The number of benzene rings is 3. The molecule has 132 valence electrons. The summed E-state index contributed by atoms with van der Waals surface area (Å²) in [5.74, 6) is 0.231. The van der Waals surface area contributed by atoms with E-state index in [-0.39, 0.29) is 10.6 Å². The molecule has 3 aromatic carbocycles. The monoisotopic (exact) mass is 366 g/mol. The molecule has 26 heavy (non-hydrogen) atoms. The predicted molar refractivity (Wildman–Crippen MR) is 103 cm³/mol. The summed E-state index contributed by atoms with van der Waals surface area (Å²) in [6, 6.07) is 22.8. The maximum Gasteiger partial charge on any atom is 0.339 e. The Balaban J connectivity index is 1.71. The van der Waals surface area contributed by atoms with Gasteiger partial charge in [0, 0.05) is 0 Å². The first kappa shape index (κ1) is 17.7. The summed E-state index contributed by atoms with van der Waals surface area (Å²) in [7, 11) is -3.87. The van der Waals surface area contributed by atoms with Crippen molar-refractivity contribution in [3.63, 3.8) is 0 Å². The first-order chi connectivity index (χ1) is 12.5. The average molecular weight is 366 g/mol. The number of aryl methyl sites for hydroxylation is 1. The molecule has 0 atom stereocenters. The van der Waals surface area contributed by atoms with Crippen LogP contribution in [0.3, 0.4) is 0 Å². The smallest absolute Gasteiger partial charge is 0.339 e. The number of hydrazone groups is 1. The highest BCUT2D eigenvalue weighted by atomic mass is 32.2. The van der Waals surface area contributed by atoms with Crippen LogP contribution in [0.5, 0.6) is 5.75 Å². The van der Waals surface area contributed by atoms with Crippen LogP contribution in [-0.4, -0.2) is 14.6 Å². The van der Waals surface area contributed by atoms with Gasteiger partial charge in [0.2, 0.25) is 0 Å². The number of nitrogens with zero attached hydrogens (tertiary/aromatic N) is 1. The van der Waals surface area contributed by atoms with Gasteiger partial charge < -0.3 is 4.18 Å². The number of para-hydroxylation sites is 1. The van der Waals surface area contributed by atoms with Gasteiger partial charge in [0.15, 0.2) is 0 Å². The number of rotatable bonds is 6. The van der Waals surface area contributed by atoms with Crippen molar-refractivity contribution in [3.05, 3.63) is 90.0 Å². The third-order valence-electron chi connectivity index (χ3n) is 3.55. The van der Waals surface area contributed by atoms with Crippen LogP contribution >= 0.6 is 0 Å². The molecule has 3 rings (SSSR count). The van der Waals surface area contributed by atoms with Gasteiger partial charge in [-0.1, -0.05) is 48.0 Å². The van der Waals surface area contributed by atoms with Crippen LogP contribution in [0.2, 0.25) is 0 Å². The van der Waals surface area contributed by atoms with Gasteiger partial charge in [0.25, 0.3) is 0 Å². The van der Waals surface area contributed by atoms with Crippen LogP contribution in [0.25, 0.3) is 0 Å². The molecule has 0 spiro atoms. The SMILES string of the molecule is Cc1ccc(S(=O)(=O)Oc2cccc(C=NNc3ccccc3)c2)cc1. The van der Waals surface area contributed by atoms with Crippen LogP contribution < -0.4 is 9.61 Å². The van der Waals surface area contributed by atoms with E-state index in [2.05, 4.69) is 10.5 Å². The molecule has 0 saturated carbocycles. The highest BCUT2D eigenvalue weighted by Crippen LogP contribution is 2.19. The quantitative estimate of drug-likeness (QED) is 0.403. The molecule has 0 aliphatic heterocycles. The minimum Gasteiger partial charge on any atom is -0.379 e. The molecule has 3 aromatic rings. The summed E-state index contributed by atoms with van der Waals surface area (Å²) in [6.45, 7) is 1.89. The number of anilines is 1. The van der Waals surface area contributed by atoms with Crippen molar-refractivity contribution in [1.82, 2.24) is 0 Å². The lowest BCUT2D eigenvalue weighted by atomic mass is 10.2. The van der Waals surface area contributed by atoms with Crippen LogP contribution in [0.1, 0.15) is 11.1 Å². The van der Waals surface area contributed by atoms with Gasteiger partial charge in [-0.3, -0.25) is 5.43 Å². The van der Waals surface area contributed by atoms with Gasteiger partial charge in [0.1, 0.15) is 10.6 Å². The van der Waals surface area contributed by atoms with Gasteiger partial charge in [-0.2, -0.15) is 13.5 Å². The molecule has 0 saturated heterocycles. The van der Waals surface area contributed by atoms with E-state index in [1.54, 1.807) is 36.5 Å². The standard InChI is InChI=1S/C20H18N2O3S/c1-16-10-12-20(13-11-16)26(23,24)25-19-9-5-6-17(14-19)15-21-22-18-7-3-2-4-8-18/h2-15,22H,1H3. The lowest BCUT2D eigenvalue weighted by Crippen LogP contribution is -2.09. The summed E-state index contributed by atoms with van der Waals surface area (Å²) >= 11 is 0. The Bertz CT molecular complexity index is 999. The Kier molecular flexibility index (Phi) is 5.34. The van der Waals surface area contributed by atoms with Crippen molar-refractivity contribution in [2.24, 2.45) is 5.10 Å². The van der Waals surface area contributed by atoms with E-state index in [9.17, 15) is 8.42 Å². The molecule has 0 bridgehead atoms. The molecular weight excluding hydrogens is 348 g/mol. The van der Waals surface area contributed by atoms with E-state index in [1.165, 1.54) is 12.1 Å². The van der Waals surface area contributed by atoms with Crippen LogP contribution in [-0.2, 0) is 10.1 Å². The van der Waals surface area contributed by atoms with Crippen molar-refractivity contribution in [1.29, 1.82) is 0 Å². The van der Waals surface area contributed by atoms with E-state index in [1.807, 2.05) is 43.3 Å². The second kappa shape index (κ2) is 7.84. The van der Waals surface area contributed by atoms with Gasteiger partial charge in [-0.15, -0.1) is 0 Å². The zero-order chi connectivity index (χ0) is 18.4. The molecule has 0 fully saturated rings. The predicted octanol–water partition coefficient (Wildman–Crippen LogP) is 4.21. The molecule has 0 amide bonds. The molecule has 0 unspecified atom stereocenters. The Labute approximate surface area is 153 Å². The molecular formula is C20H18N2O3S. The van der Waals surface area contributed by atoms with Crippen molar-refractivity contribution in [2.45, 2.75) is 11.8 Å². The molecule has 5 nitrogen and oxygen atoms in total. The third kappa shape index (κ3) is 4.70. The highest BCUT2D eigenvalue weighted by molar-refractivity contribution is 7.87. The van der Waals surface area contributed by atoms with Crippen LogP contribution in [0.15, 0.2) is 88.9 Å². The van der Waals surface area contributed by atoms with Crippen LogP contribution in [0.4, 0.5) is 5.69 Å². The molecule has 0 aliphatic carbocycles. The topological polar surface area (TPSA) is 67.8 Å². The van der Waals surface area contributed by atoms with Crippen molar-refractivity contribution >= 4 is 22.0 Å². The van der Waals surface area contributed by atoms with Crippen LogP contribution in [0, 0.1) is 6.92 Å². The minimum absolute atomic E-state index is 0.118. The van der Waals surface area contributed by atoms with Crippen molar-refractivity contribution < 1.29 is 12.6 Å². The zero-order valence-corrected chi connectivity index (χ0v) is 15.0. The highest BCUT2D eigenvalue weighted by Gasteiger charge is 2.16. The number of hydrogen-bond donors (Lipinski definition) is 1. The molecule has 1 N–H and O–H groups in total. The average Bonchev–Trinajstić information content (AvgIpc) is 2.63. The summed E-state index contributed by atoms with van der Waals surface area (Å²) in [5, 5.41) is 4.14. The van der Waals surface area contributed by atoms with Gasteiger partial charge in [0.05, 0.1) is 11.9 Å². The molecule has 6 heteroatoms. The third-order valence-corrected chi connectivity index (χ3v) is 4.82. The summed E-state index contributed by atoms with van der Waals surface area (Å²) in [5.41, 5.74) is 5.45. The largest absolute Gasteiger partial charge is 0.379 e. The van der Waals surface area contributed by atoms with E-state index < -0.39 is 10.1 Å². The maximum atomic E-state index is 12.4. The molecule has 0 heterocycles. The lowest BCUT2D eigenvalue weighted by molar-refractivity contribution is 0.486. The molecule has 0 aromatic heterocycles. The van der Waals surface area contributed by atoms with Gasteiger partial charge in [-0.25, -0.2) is 0 Å². The Morgan fingerprint density at radius 1 is 0.923 bits per heavy atom. The molecule has 0 aliphatic rings. The first-order valence-electron chi connectivity index (χ1n) is 7.98. The zero-order valence-electron chi connectivity index (χ0n) is 14.2. The van der Waals surface area contributed by atoms with Crippen molar-refractivity contribution in [3.8, 4) is 5.75 Å². The van der Waals surface area contributed by atoms with E-state index in [0.717, 1.165) is 11.3 Å².